The molecule has 1 aromatic carbocycles. The van der Waals surface area contributed by atoms with Gasteiger partial charge in [-0.3, -0.25) is 9.55 Å². The minimum Gasteiger partial charge on any atom is -0.461 e. The van der Waals surface area contributed by atoms with Gasteiger partial charge >= 0.3 is 0 Å². The monoisotopic (exact) mass is 490 g/mol. The van der Waals surface area contributed by atoms with E-state index in [1.54, 1.807) is 18.3 Å². The standard InChI is InChI=1S/C24H18ClFN6O.C2H6/c25-12-15-3-5-16(6-4-15)32-23(18-2-1-11-28-22(18)27)31-21-10-9-20(30-24(21)32)19-8-7-17(13-29-19)33-14-26;1-2/h1-11,13H,12,14H2,(H2,27,28);1-2H3. The van der Waals surface area contributed by atoms with E-state index in [0.29, 0.717) is 51.4 Å². The predicted molar refractivity (Wildman–Crippen MR) is 137 cm³/mol. The third kappa shape index (κ3) is 4.93. The summed E-state index contributed by atoms with van der Waals surface area (Å²) in [6, 6.07) is 18.6. The van der Waals surface area contributed by atoms with Gasteiger partial charge in [-0.05, 0) is 54.1 Å². The molecule has 0 unspecified atom stereocenters. The SMILES string of the molecule is CC.Nc1ncccc1-c1nc2ccc(-c3ccc(OCF)cn3)nc2n1-c1ccc(CCl)cc1. The van der Waals surface area contributed by atoms with Crippen molar-refractivity contribution in [3.05, 3.63) is 78.6 Å². The zero-order chi connectivity index (χ0) is 24.8. The molecule has 0 amide bonds. The van der Waals surface area contributed by atoms with Crippen molar-refractivity contribution >= 4 is 28.6 Å². The number of alkyl halides is 2. The molecule has 9 heteroatoms. The number of pyridine rings is 3. The van der Waals surface area contributed by atoms with E-state index in [2.05, 4.69) is 9.97 Å². The minimum atomic E-state index is -0.910. The first-order valence-electron chi connectivity index (χ1n) is 11.1. The van der Waals surface area contributed by atoms with Crippen LogP contribution in [0.15, 0.2) is 73.1 Å². The zero-order valence-electron chi connectivity index (χ0n) is 19.3. The number of nitrogens with zero attached hydrogens (tertiary/aromatic N) is 5. The Morgan fingerprint density at radius 2 is 1.71 bits per heavy atom. The van der Waals surface area contributed by atoms with Gasteiger partial charge in [0, 0.05) is 17.8 Å². The molecule has 0 fully saturated rings. The second kappa shape index (κ2) is 10.9. The van der Waals surface area contributed by atoms with Crippen molar-refractivity contribution in [2.75, 3.05) is 12.6 Å². The van der Waals surface area contributed by atoms with Gasteiger partial charge in [0.2, 0.25) is 6.86 Å². The molecule has 4 heterocycles. The van der Waals surface area contributed by atoms with E-state index >= 15 is 0 Å². The van der Waals surface area contributed by atoms with Crippen LogP contribution in [0.5, 0.6) is 5.75 Å². The zero-order valence-corrected chi connectivity index (χ0v) is 20.1. The lowest BCUT2D eigenvalue weighted by Crippen LogP contribution is -2.02. The molecular formula is C26H24ClFN6O. The Kier molecular flexibility index (Phi) is 7.52. The first-order valence-corrected chi connectivity index (χ1v) is 11.6. The van der Waals surface area contributed by atoms with Gasteiger partial charge in [0.05, 0.1) is 23.1 Å². The Morgan fingerprint density at radius 1 is 0.943 bits per heavy atom. The first kappa shape index (κ1) is 24.1. The van der Waals surface area contributed by atoms with Crippen LogP contribution < -0.4 is 10.5 Å². The fraction of sp³-hybridized carbons (Fsp3) is 0.154. The van der Waals surface area contributed by atoms with Crippen LogP contribution in [0.4, 0.5) is 10.2 Å². The molecule has 0 aliphatic rings. The van der Waals surface area contributed by atoms with E-state index in [4.69, 9.17) is 32.0 Å². The van der Waals surface area contributed by atoms with E-state index in [0.717, 1.165) is 11.3 Å². The summed E-state index contributed by atoms with van der Waals surface area (Å²) in [5, 5.41) is 0. The maximum atomic E-state index is 12.4. The maximum Gasteiger partial charge on any atom is 0.228 e. The van der Waals surface area contributed by atoms with Crippen LogP contribution in [0.2, 0.25) is 0 Å². The number of imidazole rings is 1. The molecular weight excluding hydrogens is 467 g/mol. The van der Waals surface area contributed by atoms with E-state index < -0.39 is 6.86 Å². The summed E-state index contributed by atoms with van der Waals surface area (Å²) in [6.07, 6.45) is 3.10. The number of rotatable bonds is 6. The van der Waals surface area contributed by atoms with Gasteiger partial charge in [-0.15, -0.1) is 11.6 Å². The van der Waals surface area contributed by atoms with E-state index in [1.165, 1.54) is 6.20 Å². The number of aromatic nitrogens is 5. The average Bonchev–Trinajstić information content (AvgIpc) is 3.29. The highest BCUT2D eigenvalue weighted by molar-refractivity contribution is 6.17. The van der Waals surface area contributed by atoms with Crippen molar-refractivity contribution in [1.82, 2.24) is 24.5 Å². The molecule has 5 rings (SSSR count). The molecule has 0 atom stereocenters. The van der Waals surface area contributed by atoms with E-state index in [9.17, 15) is 4.39 Å². The molecule has 7 nitrogen and oxygen atoms in total. The van der Waals surface area contributed by atoms with Crippen molar-refractivity contribution < 1.29 is 9.13 Å². The molecule has 0 spiro atoms. The van der Waals surface area contributed by atoms with Crippen LogP contribution in [0.1, 0.15) is 19.4 Å². The smallest absolute Gasteiger partial charge is 0.228 e. The van der Waals surface area contributed by atoms with Crippen LogP contribution in [-0.2, 0) is 5.88 Å². The lowest BCUT2D eigenvalue weighted by molar-refractivity contribution is 0.191. The number of hydrogen-bond donors (Lipinski definition) is 1. The summed E-state index contributed by atoms with van der Waals surface area (Å²) in [7, 11) is 0. The van der Waals surface area contributed by atoms with Crippen LogP contribution in [0.3, 0.4) is 0 Å². The number of benzene rings is 1. The molecule has 178 valence electrons. The second-order valence-corrected chi connectivity index (χ2v) is 7.45. The first-order chi connectivity index (χ1) is 17.2. The summed E-state index contributed by atoms with van der Waals surface area (Å²) in [6.45, 7) is 3.09. The van der Waals surface area contributed by atoms with E-state index in [-0.39, 0.29) is 0 Å². The summed E-state index contributed by atoms with van der Waals surface area (Å²) < 4.78 is 19.2. The molecule has 35 heavy (non-hydrogen) atoms. The predicted octanol–water partition coefficient (Wildman–Crippen LogP) is 6.20. The number of nitrogens with two attached hydrogens (primary N) is 1. The van der Waals surface area contributed by atoms with Crippen molar-refractivity contribution in [2.45, 2.75) is 19.7 Å². The Morgan fingerprint density at radius 3 is 2.37 bits per heavy atom. The fourth-order valence-electron chi connectivity index (χ4n) is 3.55. The Hall–Kier alpha value is -4.04. The summed E-state index contributed by atoms with van der Waals surface area (Å²) in [5.74, 6) is 1.76. The highest BCUT2D eigenvalue weighted by atomic mass is 35.5. The number of fused-ring (bicyclic) bond motifs is 1. The highest BCUT2D eigenvalue weighted by Crippen LogP contribution is 2.31. The van der Waals surface area contributed by atoms with Crippen molar-refractivity contribution in [3.63, 3.8) is 0 Å². The van der Waals surface area contributed by atoms with Gasteiger partial charge in [0.15, 0.2) is 11.5 Å². The Balaban J connectivity index is 0.00000141. The normalized spacial score (nSPS) is 10.6. The number of ether oxygens (including phenoxy) is 1. The Labute approximate surface area is 207 Å². The quantitative estimate of drug-likeness (QED) is 0.285. The third-order valence-electron chi connectivity index (χ3n) is 5.15. The summed E-state index contributed by atoms with van der Waals surface area (Å²) >= 11 is 5.97. The molecule has 5 aromatic rings. The van der Waals surface area contributed by atoms with Crippen LogP contribution in [0.25, 0.3) is 39.6 Å². The molecule has 2 N–H and O–H groups in total. The summed E-state index contributed by atoms with van der Waals surface area (Å²) in [5.41, 5.74) is 11.3. The fourth-order valence-corrected chi connectivity index (χ4v) is 3.72. The van der Waals surface area contributed by atoms with Crippen molar-refractivity contribution in [2.24, 2.45) is 0 Å². The van der Waals surface area contributed by atoms with Gasteiger partial charge in [-0.1, -0.05) is 26.0 Å². The Bertz CT molecular complexity index is 1420. The lowest BCUT2D eigenvalue weighted by atomic mass is 10.2. The maximum absolute atomic E-state index is 12.4. The molecule has 0 radical (unpaired) electrons. The van der Waals surface area contributed by atoms with Gasteiger partial charge in [0.25, 0.3) is 0 Å². The van der Waals surface area contributed by atoms with E-state index in [1.807, 2.05) is 66.9 Å². The number of hydrogen-bond acceptors (Lipinski definition) is 6. The summed E-state index contributed by atoms with van der Waals surface area (Å²) in [4.78, 5) is 18.2. The average molecular weight is 491 g/mol. The highest BCUT2D eigenvalue weighted by Gasteiger charge is 2.19. The lowest BCUT2D eigenvalue weighted by Gasteiger charge is -2.11. The third-order valence-corrected chi connectivity index (χ3v) is 5.46. The molecule has 0 bridgehead atoms. The number of nitrogen functional groups attached to an aromatic ring is 1. The van der Waals surface area contributed by atoms with Gasteiger partial charge < -0.3 is 10.5 Å². The largest absolute Gasteiger partial charge is 0.461 e. The molecule has 4 aromatic heterocycles. The molecule has 0 aliphatic carbocycles. The van der Waals surface area contributed by atoms with Crippen LogP contribution in [-0.4, -0.2) is 31.4 Å². The van der Waals surface area contributed by atoms with Crippen LogP contribution in [0, 0.1) is 0 Å². The van der Waals surface area contributed by atoms with Gasteiger partial charge in [-0.2, -0.15) is 0 Å². The number of halogens is 2. The minimum absolute atomic E-state index is 0.348. The molecule has 0 saturated carbocycles. The van der Waals surface area contributed by atoms with Gasteiger partial charge in [0.1, 0.15) is 17.1 Å². The number of anilines is 1. The van der Waals surface area contributed by atoms with Crippen LogP contribution >= 0.6 is 11.6 Å². The van der Waals surface area contributed by atoms with Gasteiger partial charge in [-0.25, -0.2) is 19.3 Å². The topological polar surface area (TPSA) is 91.7 Å². The van der Waals surface area contributed by atoms with Crippen molar-refractivity contribution in [3.8, 4) is 34.2 Å². The van der Waals surface area contributed by atoms with Crippen molar-refractivity contribution in [1.29, 1.82) is 0 Å². The second-order valence-electron chi connectivity index (χ2n) is 7.18. The molecule has 0 saturated heterocycles. The molecule has 0 aliphatic heterocycles.